The highest BCUT2D eigenvalue weighted by atomic mass is 32.1. The Hall–Kier alpha value is -2.34. The lowest BCUT2D eigenvalue weighted by atomic mass is 10.00. The molecule has 6 heteroatoms. The molecule has 0 spiro atoms. The number of hydrogen-bond acceptors (Lipinski definition) is 4. The number of fused-ring (bicyclic) bond motifs is 1. The topological polar surface area (TPSA) is 46.8 Å². The lowest BCUT2D eigenvalue weighted by Gasteiger charge is -2.35. The van der Waals surface area contributed by atoms with Crippen molar-refractivity contribution in [2.75, 3.05) is 13.7 Å². The van der Waals surface area contributed by atoms with Crippen LogP contribution in [-0.4, -0.2) is 39.9 Å². The van der Waals surface area contributed by atoms with Crippen LogP contribution in [0.5, 0.6) is 5.75 Å². The van der Waals surface area contributed by atoms with Crippen LogP contribution in [-0.2, 0) is 0 Å². The number of aromatic nitrogens is 2. The molecule has 1 atom stereocenters. The molecule has 136 valence electrons. The van der Waals surface area contributed by atoms with E-state index in [0.29, 0.717) is 6.04 Å². The fourth-order valence-corrected chi connectivity index (χ4v) is 4.53. The molecular weight excluding hydrogens is 346 g/mol. The van der Waals surface area contributed by atoms with Crippen LogP contribution in [0.4, 0.5) is 0 Å². The van der Waals surface area contributed by atoms with Gasteiger partial charge in [-0.2, -0.15) is 0 Å². The molecule has 4 rings (SSSR count). The van der Waals surface area contributed by atoms with Crippen LogP contribution in [0, 0.1) is 0 Å². The summed E-state index contributed by atoms with van der Waals surface area (Å²) >= 11 is 1.52. The number of carbonyl (C=O) groups excluding carboxylic acids is 1. The highest BCUT2D eigenvalue weighted by Gasteiger charge is 2.28. The Balaban J connectivity index is 1.66. The molecule has 26 heavy (non-hydrogen) atoms. The summed E-state index contributed by atoms with van der Waals surface area (Å²) in [5, 5.41) is 1.93. The van der Waals surface area contributed by atoms with Gasteiger partial charge in [0.2, 0.25) is 0 Å². The van der Waals surface area contributed by atoms with E-state index in [1.165, 1.54) is 17.8 Å². The first-order valence-electron chi connectivity index (χ1n) is 9.13. The first-order valence-corrected chi connectivity index (χ1v) is 10.0. The van der Waals surface area contributed by atoms with E-state index in [4.69, 9.17) is 9.72 Å². The zero-order valence-electron chi connectivity index (χ0n) is 15.1. The molecule has 1 unspecified atom stereocenters. The highest BCUT2D eigenvalue weighted by molar-refractivity contribution is 7.15. The maximum atomic E-state index is 13.1. The van der Waals surface area contributed by atoms with E-state index in [9.17, 15) is 4.79 Å². The van der Waals surface area contributed by atoms with E-state index in [2.05, 4.69) is 11.8 Å². The smallest absolute Gasteiger partial charge is 0.271 e. The molecule has 0 bridgehead atoms. The van der Waals surface area contributed by atoms with E-state index in [1.54, 1.807) is 7.11 Å². The molecule has 1 aliphatic heterocycles. The molecule has 1 fully saturated rings. The summed E-state index contributed by atoms with van der Waals surface area (Å²) in [6.07, 6.45) is 6.40. The Morgan fingerprint density at radius 2 is 2.12 bits per heavy atom. The molecule has 2 aromatic heterocycles. The second-order valence-corrected chi connectivity index (χ2v) is 7.52. The van der Waals surface area contributed by atoms with Crippen molar-refractivity contribution in [2.24, 2.45) is 0 Å². The summed E-state index contributed by atoms with van der Waals surface area (Å²) in [4.78, 5) is 20.7. The number of likely N-dealkylation sites (tertiary alicyclic amines) is 1. The van der Waals surface area contributed by atoms with Gasteiger partial charge in [-0.1, -0.05) is 6.92 Å². The molecule has 0 N–H and O–H groups in total. The lowest BCUT2D eigenvalue weighted by molar-refractivity contribution is 0.0601. The Bertz CT molecular complexity index is 913. The van der Waals surface area contributed by atoms with E-state index >= 15 is 0 Å². The average molecular weight is 369 g/mol. The van der Waals surface area contributed by atoms with Gasteiger partial charge in [-0.05, 0) is 49.9 Å². The quantitative estimate of drug-likeness (QED) is 0.681. The second kappa shape index (κ2) is 7.11. The largest absolute Gasteiger partial charge is 0.497 e. The summed E-state index contributed by atoms with van der Waals surface area (Å²) in [7, 11) is 1.66. The Morgan fingerprint density at radius 3 is 2.85 bits per heavy atom. The number of nitrogens with zero attached hydrogens (tertiary/aromatic N) is 3. The summed E-state index contributed by atoms with van der Waals surface area (Å²) in [5.74, 6) is 0.947. The Morgan fingerprint density at radius 1 is 1.31 bits per heavy atom. The van der Waals surface area contributed by atoms with Crippen molar-refractivity contribution < 1.29 is 9.53 Å². The normalized spacial score (nSPS) is 17.6. The third-order valence-corrected chi connectivity index (χ3v) is 6.01. The third kappa shape index (κ3) is 2.98. The number of rotatable bonds is 4. The number of amides is 1. The van der Waals surface area contributed by atoms with E-state index in [1.807, 2.05) is 40.2 Å². The minimum atomic E-state index is 0.126. The maximum Gasteiger partial charge on any atom is 0.271 e. The van der Waals surface area contributed by atoms with Crippen LogP contribution in [0.25, 0.3) is 16.2 Å². The number of piperidine rings is 1. The van der Waals surface area contributed by atoms with Crippen LogP contribution in [0.15, 0.2) is 35.8 Å². The molecule has 3 heterocycles. The number of hydrogen-bond donors (Lipinski definition) is 0. The van der Waals surface area contributed by atoms with Crippen LogP contribution in [0.1, 0.15) is 43.1 Å². The van der Waals surface area contributed by atoms with Gasteiger partial charge < -0.3 is 9.64 Å². The highest BCUT2D eigenvalue weighted by Crippen LogP contribution is 2.27. The molecule has 1 aromatic carbocycles. The van der Waals surface area contributed by atoms with E-state index in [0.717, 1.165) is 53.5 Å². The number of thiazole rings is 1. The molecule has 5 nitrogen and oxygen atoms in total. The summed E-state index contributed by atoms with van der Waals surface area (Å²) < 4.78 is 7.15. The SMILES string of the molecule is CCC1CCCCN1C(=O)c1csc2nc(-c3ccc(OC)cc3)cn12. The van der Waals surface area contributed by atoms with Crippen molar-refractivity contribution in [3.05, 3.63) is 41.5 Å². The number of ether oxygens (including phenoxy) is 1. The monoisotopic (exact) mass is 369 g/mol. The van der Waals surface area contributed by atoms with Crippen molar-refractivity contribution in [3.63, 3.8) is 0 Å². The van der Waals surface area contributed by atoms with Gasteiger partial charge in [0.05, 0.1) is 12.8 Å². The first-order chi connectivity index (χ1) is 12.7. The lowest BCUT2D eigenvalue weighted by Crippen LogP contribution is -2.43. The van der Waals surface area contributed by atoms with Crippen LogP contribution in [0.2, 0.25) is 0 Å². The van der Waals surface area contributed by atoms with Gasteiger partial charge in [-0.3, -0.25) is 9.20 Å². The molecule has 1 amide bonds. The predicted molar refractivity (Wildman–Crippen MR) is 104 cm³/mol. The number of carbonyl (C=O) groups is 1. The van der Waals surface area contributed by atoms with Gasteiger partial charge in [0.25, 0.3) is 5.91 Å². The summed E-state index contributed by atoms with van der Waals surface area (Å²) in [6.45, 7) is 3.02. The average Bonchev–Trinajstić information content (AvgIpc) is 3.28. The summed E-state index contributed by atoms with van der Waals surface area (Å²) in [5.41, 5.74) is 2.61. The van der Waals surface area contributed by atoms with Gasteiger partial charge in [-0.25, -0.2) is 4.98 Å². The molecule has 1 saturated heterocycles. The minimum Gasteiger partial charge on any atom is -0.497 e. The van der Waals surface area contributed by atoms with Gasteiger partial charge in [0, 0.05) is 29.7 Å². The Labute approximate surface area is 157 Å². The van der Waals surface area contributed by atoms with Crippen LogP contribution in [0.3, 0.4) is 0 Å². The van der Waals surface area contributed by atoms with Crippen molar-refractivity contribution in [1.82, 2.24) is 14.3 Å². The molecular formula is C20H23N3O2S. The molecule has 0 aliphatic carbocycles. The van der Waals surface area contributed by atoms with Crippen LogP contribution < -0.4 is 4.74 Å². The molecule has 3 aromatic rings. The predicted octanol–water partition coefficient (Wildman–Crippen LogP) is 4.48. The van der Waals surface area contributed by atoms with E-state index in [-0.39, 0.29) is 5.91 Å². The van der Waals surface area contributed by atoms with Gasteiger partial charge >= 0.3 is 0 Å². The standard InChI is InChI=1S/C20H23N3O2S/c1-3-15-6-4-5-11-22(15)19(24)18-13-26-20-21-17(12-23(18)20)14-7-9-16(25-2)10-8-14/h7-10,12-13,15H,3-6,11H2,1-2H3. The van der Waals surface area contributed by atoms with Gasteiger partial charge in [0.15, 0.2) is 4.96 Å². The first kappa shape index (κ1) is 17.1. The van der Waals surface area contributed by atoms with E-state index < -0.39 is 0 Å². The third-order valence-electron chi connectivity index (χ3n) is 5.17. The number of methoxy groups -OCH3 is 1. The van der Waals surface area contributed by atoms with Crippen molar-refractivity contribution >= 4 is 22.2 Å². The van der Waals surface area contributed by atoms with Gasteiger partial charge in [0.1, 0.15) is 11.4 Å². The molecule has 1 aliphatic rings. The maximum absolute atomic E-state index is 13.1. The molecule has 0 radical (unpaired) electrons. The summed E-state index contributed by atoms with van der Waals surface area (Å²) in [6, 6.07) is 8.19. The minimum absolute atomic E-state index is 0.126. The van der Waals surface area contributed by atoms with Gasteiger partial charge in [-0.15, -0.1) is 11.3 Å². The zero-order chi connectivity index (χ0) is 18.1. The molecule has 0 saturated carbocycles. The van der Waals surface area contributed by atoms with Crippen LogP contribution >= 0.6 is 11.3 Å². The number of imidazole rings is 1. The fourth-order valence-electron chi connectivity index (χ4n) is 3.68. The van der Waals surface area contributed by atoms with Crippen molar-refractivity contribution in [3.8, 4) is 17.0 Å². The zero-order valence-corrected chi connectivity index (χ0v) is 16.0. The number of benzene rings is 1. The second-order valence-electron chi connectivity index (χ2n) is 6.68. The Kier molecular flexibility index (Phi) is 4.68. The van der Waals surface area contributed by atoms with Crippen molar-refractivity contribution in [1.29, 1.82) is 0 Å². The van der Waals surface area contributed by atoms with Crippen molar-refractivity contribution in [2.45, 2.75) is 38.6 Å². The fraction of sp³-hybridized carbons (Fsp3) is 0.400.